The van der Waals surface area contributed by atoms with Crippen LogP contribution in [0.15, 0.2) is 24.3 Å². The summed E-state index contributed by atoms with van der Waals surface area (Å²) in [6.07, 6.45) is 0. The van der Waals surface area contributed by atoms with Crippen molar-refractivity contribution in [1.82, 2.24) is 5.32 Å². The minimum Gasteiger partial charge on any atom is -0.333 e. The quantitative estimate of drug-likeness (QED) is 0.647. The van der Waals surface area contributed by atoms with Gasteiger partial charge in [-0.3, -0.25) is 4.79 Å². The third kappa shape index (κ3) is 4.18. The Bertz CT molecular complexity index is 657. The summed E-state index contributed by atoms with van der Waals surface area (Å²) in [6.45, 7) is 1.45. The number of benzene rings is 1. The van der Waals surface area contributed by atoms with Crippen molar-refractivity contribution in [1.29, 1.82) is 0 Å². The number of urea groups is 1. The highest BCUT2D eigenvalue weighted by molar-refractivity contribution is 7.91. The first-order valence-electron chi connectivity index (χ1n) is 6.30. The van der Waals surface area contributed by atoms with E-state index in [-0.39, 0.29) is 17.3 Å². The number of ketones is 1. The van der Waals surface area contributed by atoms with Crippen LogP contribution >= 0.6 is 11.6 Å². The average Bonchev–Trinajstić information content (AvgIpc) is 2.62. The molecular weight excluding hydrogens is 316 g/mol. The van der Waals surface area contributed by atoms with E-state index in [4.69, 9.17) is 11.6 Å². The Morgan fingerprint density at radius 3 is 2.29 bits per heavy atom. The maximum Gasteiger partial charge on any atom is 0.319 e. The van der Waals surface area contributed by atoms with Crippen molar-refractivity contribution in [3.8, 4) is 0 Å². The molecular formula is C13H15ClN2O4S. The van der Waals surface area contributed by atoms with Gasteiger partial charge in [0.2, 0.25) is 0 Å². The molecule has 1 aromatic carbocycles. The molecule has 1 fully saturated rings. The fraction of sp³-hybridized carbons (Fsp3) is 0.385. The van der Waals surface area contributed by atoms with Gasteiger partial charge in [0.1, 0.15) is 0 Å². The Balaban J connectivity index is 1.94. The van der Waals surface area contributed by atoms with Gasteiger partial charge in [0, 0.05) is 11.3 Å². The summed E-state index contributed by atoms with van der Waals surface area (Å²) in [7, 11) is -3.19. The Morgan fingerprint density at radius 1 is 1.19 bits per heavy atom. The normalized spacial score (nSPS) is 23.5. The van der Waals surface area contributed by atoms with Gasteiger partial charge in [-0.1, -0.05) is 0 Å². The van der Waals surface area contributed by atoms with Crippen LogP contribution in [0.25, 0.3) is 0 Å². The zero-order valence-corrected chi connectivity index (χ0v) is 12.9. The summed E-state index contributed by atoms with van der Waals surface area (Å²) < 4.78 is 22.8. The second-order valence-corrected chi connectivity index (χ2v) is 7.65. The third-order valence-electron chi connectivity index (χ3n) is 3.15. The number of halogens is 1. The summed E-state index contributed by atoms with van der Waals surface area (Å²) in [4.78, 5) is 22.9. The van der Waals surface area contributed by atoms with Crippen LogP contribution < -0.4 is 10.6 Å². The van der Waals surface area contributed by atoms with Crippen molar-refractivity contribution >= 4 is 38.9 Å². The Morgan fingerprint density at radius 2 is 1.81 bits per heavy atom. The molecule has 1 saturated heterocycles. The number of rotatable bonds is 3. The molecule has 0 spiro atoms. The summed E-state index contributed by atoms with van der Waals surface area (Å²) in [5, 5.41) is 4.49. The zero-order valence-electron chi connectivity index (χ0n) is 11.3. The first-order chi connectivity index (χ1) is 9.77. The molecule has 1 aromatic rings. The van der Waals surface area contributed by atoms with Crippen LogP contribution in [-0.4, -0.2) is 43.2 Å². The van der Waals surface area contributed by atoms with Crippen molar-refractivity contribution < 1.29 is 18.0 Å². The van der Waals surface area contributed by atoms with Crippen molar-refractivity contribution in [2.45, 2.75) is 18.3 Å². The molecule has 2 N–H and O–H groups in total. The van der Waals surface area contributed by atoms with E-state index in [9.17, 15) is 18.0 Å². The Labute approximate surface area is 127 Å². The predicted molar refractivity (Wildman–Crippen MR) is 80.7 cm³/mol. The van der Waals surface area contributed by atoms with E-state index in [0.717, 1.165) is 0 Å². The highest BCUT2D eigenvalue weighted by Gasteiger charge is 2.37. The zero-order chi connectivity index (χ0) is 15.6. The minimum absolute atomic E-state index is 0.0628. The number of anilines is 1. The summed E-state index contributed by atoms with van der Waals surface area (Å²) in [5.74, 6) is -0.350. The molecule has 2 atom stereocenters. The molecule has 8 heteroatoms. The topological polar surface area (TPSA) is 92.3 Å². The molecule has 1 aliphatic heterocycles. The van der Waals surface area contributed by atoms with Gasteiger partial charge in [0.05, 0.1) is 22.9 Å². The van der Waals surface area contributed by atoms with Crippen molar-refractivity contribution in [3.63, 3.8) is 0 Å². The molecule has 2 amide bonds. The van der Waals surface area contributed by atoms with Crippen molar-refractivity contribution in [2.24, 2.45) is 0 Å². The largest absolute Gasteiger partial charge is 0.333 e. The van der Waals surface area contributed by atoms with E-state index in [1.807, 2.05) is 0 Å². The third-order valence-corrected chi connectivity index (χ3v) is 5.52. The lowest BCUT2D eigenvalue weighted by Gasteiger charge is -2.15. The summed E-state index contributed by atoms with van der Waals surface area (Å²) >= 11 is 5.91. The van der Waals surface area contributed by atoms with Gasteiger partial charge < -0.3 is 10.6 Å². The molecule has 0 bridgehead atoms. The van der Waals surface area contributed by atoms with Gasteiger partial charge in [-0.15, -0.1) is 11.6 Å². The highest BCUT2D eigenvalue weighted by atomic mass is 35.5. The minimum atomic E-state index is -3.19. The number of amides is 2. The molecule has 0 aromatic heterocycles. The first-order valence-corrected chi connectivity index (χ1v) is 8.55. The lowest BCUT2D eigenvalue weighted by molar-refractivity contribution is 0.101. The fourth-order valence-electron chi connectivity index (χ4n) is 2.06. The molecule has 0 radical (unpaired) electrons. The van der Waals surface area contributed by atoms with E-state index < -0.39 is 27.3 Å². The summed E-state index contributed by atoms with van der Waals surface area (Å²) in [6, 6.07) is 5.26. The van der Waals surface area contributed by atoms with E-state index in [2.05, 4.69) is 10.6 Å². The summed E-state index contributed by atoms with van der Waals surface area (Å²) in [5.41, 5.74) is 1.05. The number of sulfone groups is 1. The Hall–Kier alpha value is -1.60. The lowest BCUT2D eigenvalue weighted by atomic mass is 10.1. The van der Waals surface area contributed by atoms with Crippen molar-refractivity contribution in [2.75, 3.05) is 16.8 Å². The van der Waals surface area contributed by atoms with Crippen molar-refractivity contribution in [3.05, 3.63) is 29.8 Å². The fourth-order valence-corrected chi connectivity index (χ4v) is 4.61. The number of alkyl halides is 1. The van der Waals surface area contributed by atoms with Gasteiger partial charge in [-0.05, 0) is 31.2 Å². The molecule has 21 heavy (non-hydrogen) atoms. The second kappa shape index (κ2) is 6.03. The number of carbonyl (C=O) groups is 2. The van der Waals surface area contributed by atoms with Gasteiger partial charge in [-0.25, -0.2) is 13.2 Å². The molecule has 2 rings (SSSR count). The molecule has 2 unspecified atom stereocenters. The van der Waals surface area contributed by atoms with Crippen LogP contribution in [0.5, 0.6) is 0 Å². The maximum atomic E-state index is 11.8. The van der Waals surface area contributed by atoms with E-state index in [1.165, 1.54) is 6.92 Å². The number of carbonyl (C=O) groups excluding carboxylic acids is 2. The van der Waals surface area contributed by atoms with Gasteiger partial charge in [-0.2, -0.15) is 0 Å². The van der Waals surface area contributed by atoms with E-state index in [0.29, 0.717) is 11.3 Å². The molecule has 1 aliphatic rings. The van der Waals surface area contributed by atoms with Gasteiger partial charge >= 0.3 is 6.03 Å². The van der Waals surface area contributed by atoms with Crippen LogP contribution in [0.4, 0.5) is 10.5 Å². The molecule has 0 saturated carbocycles. The van der Waals surface area contributed by atoms with Crippen LogP contribution in [0, 0.1) is 0 Å². The number of hydrogen-bond donors (Lipinski definition) is 2. The van der Waals surface area contributed by atoms with Gasteiger partial charge in [0.25, 0.3) is 0 Å². The molecule has 6 nitrogen and oxygen atoms in total. The number of nitrogens with one attached hydrogen (secondary N) is 2. The smallest absolute Gasteiger partial charge is 0.319 e. The molecule has 1 heterocycles. The van der Waals surface area contributed by atoms with Gasteiger partial charge in [0.15, 0.2) is 15.6 Å². The first kappa shape index (κ1) is 15.8. The van der Waals surface area contributed by atoms with Crippen LogP contribution in [-0.2, 0) is 9.84 Å². The van der Waals surface area contributed by atoms with Crippen LogP contribution in [0.2, 0.25) is 0 Å². The monoisotopic (exact) mass is 330 g/mol. The lowest BCUT2D eigenvalue weighted by Crippen LogP contribution is -2.42. The van der Waals surface area contributed by atoms with E-state index >= 15 is 0 Å². The molecule has 114 valence electrons. The SMILES string of the molecule is CC(=O)c1ccc(NC(=O)NC2CS(=O)(=O)CC2Cl)cc1. The number of hydrogen-bond acceptors (Lipinski definition) is 4. The maximum absolute atomic E-state index is 11.8. The van der Waals surface area contributed by atoms with Crippen LogP contribution in [0.1, 0.15) is 17.3 Å². The van der Waals surface area contributed by atoms with Crippen LogP contribution in [0.3, 0.4) is 0 Å². The molecule has 0 aliphatic carbocycles. The second-order valence-electron chi connectivity index (χ2n) is 4.93. The Kier molecular flexibility index (Phi) is 4.53. The number of Topliss-reactive ketones (excluding diaryl/α,β-unsaturated/α-hetero) is 1. The van der Waals surface area contributed by atoms with E-state index in [1.54, 1.807) is 24.3 Å². The average molecular weight is 331 g/mol. The highest BCUT2D eigenvalue weighted by Crippen LogP contribution is 2.18. The standard InChI is InChI=1S/C13H15ClN2O4S/c1-8(17)9-2-4-10(5-3-9)15-13(18)16-12-7-21(19,20)6-11(12)14/h2-5,11-12H,6-7H2,1H3,(H2,15,16,18). The predicted octanol–water partition coefficient (Wildman–Crippen LogP) is 1.42.